The lowest BCUT2D eigenvalue weighted by Gasteiger charge is -2.39. The third kappa shape index (κ3) is 3.02. The molecule has 23 heavy (non-hydrogen) atoms. The number of carbonyl (C=O) groups is 1. The lowest BCUT2D eigenvalue weighted by molar-refractivity contribution is -0.154. The van der Waals surface area contributed by atoms with Crippen molar-refractivity contribution in [3.63, 3.8) is 0 Å². The average molecular weight is 340 g/mol. The third-order valence-corrected chi connectivity index (χ3v) is 4.86. The van der Waals surface area contributed by atoms with Gasteiger partial charge in [0.2, 0.25) is 5.95 Å². The van der Waals surface area contributed by atoms with Gasteiger partial charge in [-0.15, -0.1) is 0 Å². The zero-order chi connectivity index (χ0) is 16.4. The normalized spacial score (nSPS) is 23.3. The first-order chi connectivity index (χ1) is 11.1. The van der Waals surface area contributed by atoms with Gasteiger partial charge in [-0.1, -0.05) is 18.0 Å². The number of carbonyl (C=O) groups excluding carboxylic acids is 1. The molecule has 0 unspecified atom stereocenters. The highest BCUT2D eigenvalue weighted by molar-refractivity contribution is 6.29. The maximum atomic E-state index is 12.5. The molecule has 1 aliphatic heterocycles. The lowest BCUT2D eigenvalue weighted by Crippen LogP contribution is -2.47. The molecule has 1 saturated heterocycles. The molecule has 1 saturated carbocycles. The molecule has 1 aliphatic carbocycles. The fourth-order valence-corrected chi connectivity index (χ4v) is 3.35. The maximum Gasteiger partial charge on any atom is 0.318 e. The molecule has 2 fully saturated rings. The van der Waals surface area contributed by atoms with Crippen LogP contribution in [0.25, 0.3) is 0 Å². The summed E-state index contributed by atoms with van der Waals surface area (Å²) in [6.45, 7) is 6.23. The molecule has 0 radical (unpaired) electrons. The van der Waals surface area contributed by atoms with Gasteiger partial charge in [-0.05, 0) is 32.8 Å². The summed E-state index contributed by atoms with van der Waals surface area (Å²) >= 11 is 6.22. The van der Waals surface area contributed by atoms with Crippen LogP contribution in [0.1, 0.15) is 38.8 Å². The number of morpholine rings is 1. The fraction of sp³-hybridized carbons (Fsp3) is 0.688. The first kappa shape index (κ1) is 16.5. The number of hydrogen-bond acceptors (Lipinski definition) is 6. The van der Waals surface area contributed by atoms with E-state index < -0.39 is 5.41 Å². The quantitative estimate of drug-likeness (QED) is 0.619. The highest BCUT2D eigenvalue weighted by Gasteiger charge is 2.49. The zero-order valence-corrected chi connectivity index (χ0v) is 14.3. The monoisotopic (exact) mass is 339 g/mol. The van der Waals surface area contributed by atoms with Gasteiger partial charge < -0.3 is 14.4 Å². The van der Waals surface area contributed by atoms with E-state index in [1.165, 1.54) is 0 Å². The summed E-state index contributed by atoms with van der Waals surface area (Å²) in [6, 6.07) is 1.88. The van der Waals surface area contributed by atoms with E-state index in [-0.39, 0.29) is 12.0 Å². The number of hydrogen-bond donors (Lipinski definition) is 0. The molecule has 3 rings (SSSR count). The predicted octanol–water partition coefficient (Wildman–Crippen LogP) is 2.34. The SMILES string of the molecule is CCOC(=O)C1(c2cc(Cl)nc(N3CCOC[C@@H]3C)n2)CCC1. The first-order valence-electron chi connectivity index (χ1n) is 8.13. The van der Waals surface area contributed by atoms with E-state index in [1.807, 2.05) is 6.92 Å². The molecular weight excluding hydrogens is 318 g/mol. The minimum atomic E-state index is -0.660. The number of aromatic nitrogens is 2. The van der Waals surface area contributed by atoms with Crippen molar-refractivity contribution in [2.45, 2.75) is 44.6 Å². The van der Waals surface area contributed by atoms with Crippen LogP contribution in [0.5, 0.6) is 0 Å². The molecule has 7 heteroatoms. The van der Waals surface area contributed by atoms with Crippen molar-refractivity contribution >= 4 is 23.5 Å². The Morgan fingerprint density at radius 1 is 1.52 bits per heavy atom. The van der Waals surface area contributed by atoms with Crippen LogP contribution in [0.4, 0.5) is 5.95 Å². The van der Waals surface area contributed by atoms with Crippen molar-refractivity contribution in [2.24, 2.45) is 0 Å². The Labute approximate surface area is 141 Å². The van der Waals surface area contributed by atoms with Gasteiger partial charge in [0.25, 0.3) is 0 Å². The van der Waals surface area contributed by atoms with Crippen LogP contribution in [0.15, 0.2) is 6.07 Å². The van der Waals surface area contributed by atoms with Gasteiger partial charge in [0.05, 0.1) is 31.6 Å². The Morgan fingerprint density at radius 2 is 2.30 bits per heavy atom. The molecule has 1 aromatic heterocycles. The predicted molar refractivity (Wildman–Crippen MR) is 86.8 cm³/mol. The van der Waals surface area contributed by atoms with E-state index >= 15 is 0 Å². The second kappa shape index (κ2) is 6.61. The minimum absolute atomic E-state index is 0.176. The highest BCUT2D eigenvalue weighted by atomic mass is 35.5. The zero-order valence-electron chi connectivity index (χ0n) is 13.5. The van der Waals surface area contributed by atoms with Crippen LogP contribution in [0.3, 0.4) is 0 Å². The molecule has 2 heterocycles. The maximum absolute atomic E-state index is 12.5. The Balaban J connectivity index is 1.95. The molecule has 0 bridgehead atoms. The summed E-state index contributed by atoms with van der Waals surface area (Å²) in [6.07, 6.45) is 2.48. The van der Waals surface area contributed by atoms with E-state index in [1.54, 1.807) is 6.07 Å². The smallest absolute Gasteiger partial charge is 0.318 e. The van der Waals surface area contributed by atoms with Crippen molar-refractivity contribution in [1.82, 2.24) is 9.97 Å². The molecule has 0 aromatic carbocycles. The standard InChI is InChI=1S/C16H22ClN3O3/c1-3-23-14(21)16(5-4-6-16)12-9-13(17)19-15(18-12)20-7-8-22-10-11(20)2/h9,11H,3-8,10H2,1-2H3/t11-/m0/s1. The number of ether oxygens (including phenoxy) is 2. The van der Waals surface area contributed by atoms with Crippen LogP contribution in [-0.2, 0) is 19.7 Å². The van der Waals surface area contributed by atoms with E-state index in [2.05, 4.69) is 21.8 Å². The van der Waals surface area contributed by atoms with Crippen molar-refractivity contribution in [3.05, 3.63) is 16.9 Å². The van der Waals surface area contributed by atoms with E-state index in [9.17, 15) is 4.79 Å². The van der Waals surface area contributed by atoms with Crippen molar-refractivity contribution in [1.29, 1.82) is 0 Å². The summed E-state index contributed by atoms with van der Waals surface area (Å²) in [5.41, 5.74) is 0.0169. The third-order valence-electron chi connectivity index (χ3n) is 4.67. The van der Waals surface area contributed by atoms with Crippen molar-refractivity contribution in [2.75, 3.05) is 31.3 Å². The van der Waals surface area contributed by atoms with Crippen LogP contribution in [0.2, 0.25) is 5.15 Å². The van der Waals surface area contributed by atoms with Gasteiger partial charge in [-0.25, -0.2) is 9.97 Å². The molecule has 126 valence electrons. The summed E-state index contributed by atoms with van der Waals surface area (Å²) in [5, 5.41) is 0.360. The van der Waals surface area contributed by atoms with Crippen LogP contribution in [0, 0.1) is 0 Å². The van der Waals surface area contributed by atoms with Gasteiger partial charge in [-0.3, -0.25) is 4.79 Å². The second-order valence-corrected chi connectivity index (χ2v) is 6.54. The molecule has 0 N–H and O–H groups in total. The Morgan fingerprint density at radius 3 is 2.91 bits per heavy atom. The van der Waals surface area contributed by atoms with E-state index in [0.717, 1.165) is 19.3 Å². The average Bonchev–Trinajstić information content (AvgIpc) is 2.46. The summed E-state index contributed by atoms with van der Waals surface area (Å²) < 4.78 is 10.7. The summed E-state index contributed by atoms with van der Waals surface area (Å²) in [4.78, 5) is 23.6. The molecule has 1 atom stereocenters. The lowest BCUT2D eigenvalue weighted by atomic mass is 9.66. The second-order valence-electron chi connectivity index (χ2n) is 6.15. The minimum Gasteiger partial charge on any atom is -0.465 e. The number of halogens is 1. The van der Waals surface area contributed by atoms with E-state index in [4.69, 9.17) is 21.1 Å². The Hall–Kier alpha value is -1.40. The van der Waals surface area contributed by atoms with Gasteiger partial charge in [0, 0.05) is 6.54 Å². The Bertz CT molecular complexity index is 592. The van der Waals surface area contributed by atoms with E-state index in [0.29, 0.717) is 43.2 Å². The first-order valence-corrected chi connectivity index (χ1v) is 8.51. The van der Waals surface area contributed by atoms with Crippen LogP contribution < -0.4 is 4.90 Å². The highest BCUT2D eigenvalue weighted by Crippen LogP contribution is 2.44. The number of anilines is 1. The van der Waals surface area contributed by atoms with Crippen molar-refractivity contribution < 1.29 is 14.3 Å². The molecule has 0 spiro atoms. The number of nitrogens with zero attached hydrogens (tertiary/aromatic N) is 3. The van der Waals surface area contributed by atoms with Gasteiger partial charge in [-0.2, -0.15) is 0 Å². The largest absolute Gasteiger partial charge is 0.465 e. The summed E-state index contributed by atoms with van der Waals surface area (Å²) in [7, 11) is 0. The Kier molecular flexibility index (Phi) is 4.73. The van der Waals surface area contributed by atoms with Crippen LogP contribution in [-0.4, -0.2) is 48.3 Å². The molecule has 0 amide bonds. The van der Waals surface area contributed by atoms with Gasteiger partial charge >= 0.3 is 5.97 Å². The van der Waals surface area contributed by atoms with Crippen molar-refractivity contribution in [3.8, 4) is 0 Å². The molecule has 6 nitrogen and oxygen atoms in total. The molecule has 2 aliphatic rings. The number of esters is 1. The van der Waals surface area contributed by atoms with Crippen LogP contribution >= 0.6 is 11.6 Å². The summed E-state index contributed by atoms with van der Waals surface area (Å²) in [5.74, 6) is 0.362. The van der Waals surface area contributed by atoms with Gasteiger partial charge in [0.15, 0.2) is 0 Å². The molecular formula is C16H22ClN3O3. The fourth-order valence-electron chi connectivity index (χ4n) is 3.17. The molecule has 1 aromatic rings. The van der Waals surface area contributed by atoms with Gasteiger partial charge in [0.1, 0.15) is 10.6 Å². The topological polar surface area (TPSA) is 64.5 Å². The number of rotatable bonds is 4.